The molecule has 0 saturated carbocycles. The molecule has 0 heterocycles. The molecule has 1 aromatic rings. The number of anilines is 1. The minimum absolute atomic E-state index is 0.0474. The Labute approximate surface area is 118 Å². The van der Waals surface area contributed by atoms with E-state index in [-0.39, 0.29) is 11.5 Å². The van der Waals surface area contributed by atoms with Crippen LogP contribution in [0.3, 0.4) is 0 Å². The topological polar surface area (TPSA) is 87.7 Å². The highest BCUT2D eigenvalue weighted by Gasteiger charge is 2.23. The summed E-state index contributed by atoms with van der Waals surface area (Å²) in [5, 5.41) is 13.9. The zero-order chi connectivity index (χ0) is 14.4. The van der Waals surface area contributed by atoms with Crippen molar-refractivity contribution in [3.8, 4) is 0 Å². The molecular weight excluding hydrogens is 317 g/mol. The number of hydrogen-bond acceptors (Lipinski definition) is 3. The van der Waals surface area contributed by atoms with Gasteiger partial charge in [0.05, 0.1) is 11.6 Å². The van der Waals surface area contributed by atoms with Gasteiger partial charge in [-0.3, -0.25) is 4.79 Å². The number of amidine groups is 1. The number of rotatable bonds is 5. The molecule has 5 nitrogen and oxygen atoms in total. The van der Waals surface area contributed by atoms with E-state index in [0.29, 0.717) is 17.3 Å². The lowest BCUT2D eigenvalue weighted by Gasteiger charge is -2.15. The SMILES string of the molecule is CCCC(C(=O)Nc1cc(Br)ccc1F)C(N)=NO. The molecule has 1 unspecified atom stereocenters. The van der Waals surface area contributed by atoms with Crippen molar-refractivity contribution in [2.75, 3.05) is 5.32 Å². The van der Waals surface area contributed by atoms with Gasteiger partial charge in [0.15, 0.2) is 5.84 Å². The minimum atomic E-state index is -0.784. The summed E-state index contributed by atoms with van der Waals surface area (Å²) in [5.41, 5.74) is 5.51. The highest BCUT2D eigenvalue weighted by Crippen LogP contribution is 2.21. The fourth-order valence-corrected chi connectivity index (χ4v) is 1.95. The normalized spacial score (nSPS) is 13.1. The van der Waals surface area contributed by atoms with Gasteiger partial charge in [-0.05, 0) is 24.6 Å². The number of nitrogens with zero attached hydrogens (tertiary/aromatic N) is 1. The molecule has 1 amide bonds. The van der Waals surface area contributed by atoms with Crippen LogP contribution in [0.5, 0.6) is 0 Å². The van der Waals surface area contributed by atoms with Crippen molar-refractivity contribution in [3.05, 3.63) is 28.5 Å². The highest BCUT2D eigenvalue weighted by atomic mass is 79.9. The molecule has 104 valence electrons. The molecule has 0 saturated heterocycles. The third kappa shape index (κ3) is 4.20. The molecule has 0 radical (unpaired) electrons. The maximum Gasteiger partial charge on any atom is 0.235 e. The van der Waals surface area contributed by atoms with Gasteiger partial charge in [-0.2, -0.15) is 0 Å². The Kier molecular flexibility index (Phi) is 5.75. The van der Waals surface area contributed by atoms with Crippen molar-refractivity contribution in [2.24, 2.45) is 16.8 Å². The molecule has 0 aliphatic carbocycles. The van der Waals surface area contributed by atoms with Crippen LogP contribution in [0.2, 0.25) is 0 Å². The Hall–Kier alpha value is -1.63. The lowest BCUT2D eigenvalue weighted by molar-refractivity contribution is -0.118. The molecule has 0 fully saturated rings. The van der Waals surface area contributed by atoms with E-state index in [1.54, 1.807) is 0 Å². The molecule has 1 atom stereocenters. The summed E-state index contributed by atoms with van der Waals surface area (Å²) in [6.07, 6.45) is 1.09. The second-order valence-electron chi connectivity index (χ2n) is 3.98. The fraction of sp³-hybridized carbons (Fsp3) is 0.333. The van der Waals surface area contributed by atoms with Crippen molar-refractivity contribution >= 4 is 33.4 Å². The van der Waals surface area contributed by atoms with E-state index in [1.165, 1.54) is 18.2 Å². The van der Waals surface area contributed by atoms with Crippen LogP contribution in [0.15, 0.2) is 27.8 Å². The Morgan fingerprint density at radius 1 is 1.63 bits per heavy atom. The summed E-state index contributed by atoms with van der Waals surface area (Å²) in [6, 6.07) is 4.21. The van der Waals surface area contributed by atoms with E-state index in [2.05, 4.69) is 26.4 Å². The van der Waals surface area contributed by atoms with Crippen molar-refractivity contribution in [2.45, 2.75) is 19.8 Å². The zero-order valence-corrected chi connectivity index (χ0v) is 11.9. The van der Waals surface area contributed by atoms with Crippen LogP contribution in [-0.4, -0.2) is 17.0 Å². The standard InChI is InChI=1S/C12H15BrFN3O2/c1-2-3-8(11(15)17-19)12(18)16-10-6-7(13)4-5-9(10)14/h4-6,8,19H,2-3H2,1H3,(H2,15,17)(H,16,18). The summed E-state index contributed by atoms with van der Waals surface area (Å²) in [5.74, 6) is -2.02. The Bertz CT molecular complexity index is 494. The third-order valence-electron chi connectivity index (χ3n) is 2.55. The number of carbonyl (C=O) groups excluding carboxylic acids is 1. The molecule has 4 N–H and O–H groups in total. The van der Waals surface area contributed by atoms with Gasteiger partial charge >= 0.3 is 0 Å². The lowest BCUT2D eigenvalue weighted by atomic mass is 10.0. The molecule has 0 aromatic heterocycles. The second kappa shape index (κ2) is 7.08. The van der Waals surface area contributed by atoms with Gasteiger partial charge < -0.3 is 16.3 Å². The predicted octanol–water partition coefficient (Wildman–Crippen LogP) is 2.69. The van der Waals surface area contributed by atoms with Crippen LogP contribution in [0, 0.1) is 11.7 Å². The largest absolute Gasteiger partial charge is 0.409 e. The molecule has 7 heteroatoms. The monoisotopic (exact) mass is 331 g/mol. The van der Waals surface area contributed by atoms with E-state index in [0.717, 1.165) is 0 Å². The van der Waals surface area contributed by atoms with Crippen molar-refractivity contribution < 1.29 is 14.4 Å². The number of nitrogens with one attached hydrogen (secondary N) is 1. The Morgan fingerprint density at radius 3 is 2.89 bits per heavy atom. The summed E-state index contributed by atoms with van der Waals surface area (Å²) in [4.78, 5) is 12.0. The van der Waals surface area contributed by atoms with E-state index in [9.17, 15) is 9.18 Å². The summed E-state index contributed by atoms with van der Waals surface area (Å²) >= 11 is 3.19. The van der Waals surface area contributed by atoms with Crippen LogP contribution in [-0.2, 0) is 4.79 Å². The van der Waals surface area contributed by atoms with Gasteiger partial charge in [0.1, 0.15) is 5.82 Å². The predicted molar refractivity (Wildman–Crippen MR) is 74.5 cm³/mol. The first-order valence-electron chi connectivity index (χ1n) is 5.73. The molecular formula is C12H15BrFN3O2. The second-order valence-corrected chi connectivity index (χ2v) is 4.90. The van der Waals surface area contributed by atoms with Crippen LogP contribution in [0.25, 0.3) is 0 Å². The zero-order valence-electron chi connectivity index (χ0n) is 10.4. The van der Waals surface area contributed by atoms with E-state index < -0.39 is 17.6 Å². The van der Waals surface area contributed by atoms with Gasteiger partial charge in [-0.15, -0.1) is 0 Å². The van der Waals surface area contributed by atoms with E-state index in [4.69, 9.17) is 10.9 Å². The molecule has 0 spiro atoms. The van der Waals surface area contributed by atoms with Crippen LogP contribution < -0.4 is 11.1 Å². The van der Waals surface area contributed by atoms with Crippen molar-refractivity contribution in [3.63, 3.8) is 0 Å². The number of carbonyl (C=O) groups is 1. The number of amides is 1. The smallest absolute Gasteiger partial charge is 0.235 e. The minimum Gasteiger partial charge on any atom is -0.409 e. The number of hydrogen-bond donors (Lipinski definition) is 3. The van der Waals surface area contributed by atoms with E-state index >= 15 is 0 Å². The number of benzene rings is 1. The average Bonchev–Trinajstić information content (AvgIpc) is 2.39. The van der Waals surface area contributed by atoms with Gasteiger partial charge in [-0.1, -0.05) is 34.4 Å². The van der Waals surface area contributed by atoms with Gasteiger partial charge in [0.25, 0.3) is 0 Å². The first-order valence-corrected chi connectivity index (χ1v) is 6.52. The Morgan fingerprint density at radius 2 is 2.32 bits per heavy atom. The summed E-state index contributed by atoms with van der Waals surface area (Å²) < 4.78 is 14.2. The fourth-order valence-electron chi connectivity index (χ4n) is 1.58. The molecule has 0 aliphatic heterocycles. The van der Waals surface area contributed by atoms with Gasteiger partial charge in [0.2, 0.25) is 5.91 Å². The first kappa shape index (κ1) is 15.4. The molecule has 0 bridgehead atoms. The third-order valence-corrected chi connectivity index (χ3v) is 3.05. The first-order chi connectivity index (χ1) is 8.99. The number of halogens is 2. The van der Waals surface area contributed by atoms with Crippen LogP contribution in [0.1, 0.15) is 19.8 Å². The van der Waals surface area contributed by atoms with Gasteiger partial charge in [0, 0.05) is 4.47 Å². The molecule has 1 aromatic carbocycles. The maximum atomic E-state index is 13.5. The van der Waals surface area contributed by atoms with Crippen LogP contribution in [0.4, 0.5) is 10.1 Å². The van der Waals surface area contributed by atoms with Gasteiger partial charge in [-0.25, -0.2) is 4.39 Å². The average molecular weight is 332 g/mol. The lowest BCUT2D eigenvalue weighted by Crippen LogP contribution is -2.34. The Balaban J connectivity index is 2.90. The highest BCUT2D eigenvalue weighted by molar-refractivity contribution is 9.10. The quantitative estimate of drug-likeness (QED) is 0.335. The van der Waals surface area contributed by atoms with Crippen LogP contribution >= 0.6 is 15.9 Å². The van der Waals surface area contributed by atoms with Crippen molar-refractivity contribution in [1.29, 1.82) is 0 Å². The van der Waals surface area contributed by atoms with E-state index in [1.807, 2.05) is 6.92 Å². The summed E-state index contributed by atoms with van der Waals surface area (Å²) in [6.45, 7) is 1.87. The number of oxime groups is 1. The molecule has 1 rings (SSSR count). The molecule has 19 heavy (non-hydrogen) atoms. The maximum absolute atomic E-state index is 13.5. The number of nitrogens with two attached hydrogens (primary N) is 1. The summed E-state index contributed by atoms with van der Waals surface area (Å²) in [7, 11) is 0. The molecule has 0 aliphatic rings. The van der Waals surface area contributed by atoms with Crippen molar-refractivity contribution in [1.82, 2.24) is 0 Å².